The number of hydrogen-bond acceptors (Lipinski definition) is 4. The summed E-state index contributed by atoms with van der Waals surface area (Å²) in [6.07, 6.45) is 2.67. The van der Waals surface area contributed by atoms with Gasteiger partial charge in [0.25, 0.3) is 0 Å². The summed E-state index contributed by atoms with van der Waals surface area (Å²) in [4.78, 5) is 12.0. The molecule has 0 N–H and O–H groups in total. The third kappa shape index (κ3) is 6.63. The predicted octanol–water partition coefficient (Wildman–Crippen LogP) is 4.84. The van der Waals surface area contributed by atoms with E-state index in [9.17, 15) is 4.79 Å². The lowest BCUT2D eigenvalue weighted by Crippen LogP contribution is -2.27. The third-order valence-corrected chi connectivity index (χ3v) is 4.70. The minimum Gasteiger partial charge on any atom is -0.497 e. The van der Waals surface area contributed by atoms with Crippen molar-refractivity contribution in [3.63, 3.8) is 0 Å². The molecule has 0 fully saturated rings. The van der Waals surface area contributed by atoms with Gasteiger partial charge >= 0.3 is 5.97 Å². The van der Waals surface area contributed by atoms with E-state index >= 15 is 0 Å². The molecule has 0 aliphatic heterocycles. The summed E-state index contributed by atoms with van der Waals surface area (Å²) in [6, 6.07) is 16.1. The van der Waals surface area contributed by atoms with Crippen molar-refractivity contribution < 1.29 is 19.0 Å². The van der Waals surface area contributed by atoms with Gasteiger partial charge in [-0.15, -0.1) is 0 Å². The smallest absolute Gasteiger partial charge is 0.306 e. The van der Waals surface area contributed by atoms with Gasteiger partial charge in [0.2, 0.25) is 0 Å². The van der Waals surface area contributed by atoms with Gasteiger partial charge in [-0.3, -0.25) is 4.79 Å². The van der Waals surface area contributed by atoms with Crippen molar-refractivity contribution in [2.45, 2.75) is 45.6 Å². The molecule has 2 aromatic carbocycles. The molecule has 0 saturated carbocycles. The van der Waals surface area contributed by atoms with Crippen molar-refractivity contribution in [3.8, 4) is 11.5 Å². The van der Waals surface area contributed by atoms with Gasteiger partial charge < -0.3 is 14.2 Å². The fraction of sp³-hybridized carbons (Fsp3) is 0.435. The van der Waals surface area contributed by atoms with Gasteiger partial charge in [0.05, 0.1) is 14.2 Å². The van der Waals surface area contributed by atoms with Crippen LogP contribution in [0.15, 0.2) is 48.5 Å². The first kappa shape index (κ1) is 20.8. The molecule has 1 unspecified atom stereocenters. The Morgan fingerprint density at radius 2 is 1.44 bits per heavy atom. The molecule has 4 heteroatoms. The van der Waals surface area contributed by atoms with E-state index in [4.69, 9.17) is 14.2 Å². The van der Waals surface area contributed by atoms with E-state index in [-0.39, 0.29) is 18.0 Å². The van der Waals surface area contributed by atoms with Gasteiger partial charge in [-0.2, -0.15) is 0 Å². The number of carbonyl (C=O) groups excluding carboxylic acids is 1. The maximum absolute atomic E-state index is 12.0. The molecule has 0 heterocycles. The molecule has 0 saturated heterocycles. The normalized spacial score (nSPS) is 11.9. The van der Waals surface area contributed by atoms with Crippen molar-refractivity contribution in [3.05, 3.63) is 59.7 Å². The highest BCUT2D eigenvalue weighted by atomic mass is 16.5. The van der Waals surface area contributed by atoms with Crippen molar-refractivity contribution in [2.24, 2.45) is 5.92 Å². The highest BCUT2D eigenvalue weighted by Crippen LogP contribution is 2.24. The molecule has 0 aliphatic rings. The largest absolute Gasteiger partial charge is 0.497 e. The molecule has 0 spiro atoms. The number of ether oxygens (including phenoxy) is 3. The molecule has 2 aromatic rings. The van der Waals surface area contributed by atoms with E-state index in [1.165, 1.54) is 11.1 Å². The molecule has 0 aliphatic carbocycles. The van der Waals surface area contributed by atoms with Crippen LogP contribution in [0.1, 0.15) is 37.8 Å². The van der Waals surface area contributed by atoms with Crippen molar-refractivity contribution in [2.75, 3.05) is 14.2 Å². The standard InChI is InChI=1S/C23H30O4/c1-5-8-23(24)27-17(2)20(13-18-9-6-11-21(15-18)25-3)14-19-10-7-12-22(16-19)26-4/h6-7,9-12,15-17,20H,5,8,13-14H2,1-4H3. The Bertz CT molecular complexity index is 676. The number of carbonyl (C=O) groups is 1. The van der Waals surface area contributed by atoms with Crippen LogP contribution < -0.4 is 9.47 Å². The zero-order chi connectivity index (χ0) is 19.6. The van der Waals surface area contributed by atoms with E-state index in [1.807, 2.05) is 50.2 Å². The van der Waals surface area contributed by atoms with Gasteiger partial charge in [-0.05, 0) is 61.6 Å². The second-order valence-corrected chi connectivity index (χ2v) is 6.82. The summed E-state index contributed by atoms with van der Waals surface area (Å²) in [5.74, 6) is 1.70. The van der Waals surface area contributed by atoms with Crippen LogP contribution in [-0.4, -0.2) is 26.3 Å². The Kier molecular flexibility index (Phi) is 8.18. The van der Waals surface area contributed by atoms with E-state index in [0.717, 1.165) is 30.8 Å². The minimum absolute atomic E-state index is 0.133. The minimum atomic E-state index is -0.179. The molecule has 0 bridgehead atoms. The second-order valence-electron chi connectivity index (χ2n) is 6.82. The zero-order valence-corrected chi connectivity index (χ0v) is 16.7. The lowest BCUT2D eigenvalue weighted by molar-refractivity contribution is -0.150. The first-order valence-corrected chi connectivity index (χ1v) is 9.51. The quantitative estimate of drug-likeness (QED) is 0.562. The molecular formula is C23H30O4. The van der Waals surface area contributed by atoms with Crippen LogP contribution in [0.25, 0.3) is 0 Å². The van der Waals surface area contributed by atoms with Crippen LogP contribution in [0.5, 0.6) is 11.5 Å². The Morgan fingerprint density at radius 3 is 1.89 bits per heavy atom. The van der Waals surface area contributed by atoms with Crippen LogP contribution in [0.3, 0.4) is 0 Å². The molecule has 0 radical (unpaired) electrons. The fourth-order valence-electron chi connectivity index (χ4n) is 3.18. The number of esters is 1. The van der Waals surface area contributed by atoms with Crippen LogP contribution in [0.2, 0.25) is 0 Å². The first-order valence-electron chi connectivity index (χ1n) is 9.51. The monoisotopic (exact) mass is 370 g/mol. The van der Waals surface area contributed by atoms with Crippen LogP contribution >= 0.6 is 0 Å². The molecule has 1 atom stereocenters. The topological polar surface area (TPSA) is 44.8 Å². The molecular weight excluding hydrogens is 340 g/mol. The van der Waals surface area contributed by atoms with Gasteiger partial charge in [-0.1, -0.05) is 31.2 Å². The first-order chi connectivity index (χ1) is 13.0. The van der Waals surface area contributed by atoms with Crippen LogP contribution in [-0.2, 0) is 22.4 Å². The Balaban J connectivity index is 2.19. The zero-order valence-electron chi connectivity index (χ0n) is 16.7. The van der Waals surface area contributed by atoms with Crippen molar-refractivity contribution in [1.29, 1.82) is 0 Å². The summed E-state index contributed by atoms with van der Waals surface area (Å²) >= 11 is 0. The third-order valence-electron chi connectivity index (χ3n) is 4.70. The van der Waals surface area contributed by atoms with Crippen LogP contribution in [0.4, 0.5) is 0 Å². The Hall–Kier alpha value is -2.49. The Morgan fingerprint density at radius 1 is 0.926 bits per heavy atom. The summed E-state index contributed by atoms with van der Waals surface area (Å²) < 4.78 is 16.4. The highest BCUT2D eigenvalue weighted by molar-refractivity contribution is 5.69. The van der Waals surface area contributed by atoms with E-state index in [2.05, 4.69) is 12.1 Å². The number of hydrogen-bond donors (Lipinski definition) is 0. The molecule has 2 rings (SSSR count). The maximum atomic E-state index is 12.0. The number of benzene rings is 2. The summed E-state index contributed by atoms with van der Waals surface area (Å²) in [5, 5.41) is 0. The Labute approximate surface area is 162 Å². The average Bonchev–Trinajstić information content (AvgIpc) is 2.68. The average molecular weight is 370 g/mol. The van der Waals surface area contributed by atoms with Gasteiger partial charge in [0.15, 0.2) is 0 Å². The van der Waals surface area contributed by atoms with Crippen LogP contribution in [0, 0.1) is 5.92 Å². The van der Waals surface area contributed by atoms with Crippen molar-refractivity contribution >= 4 is 5.97 Å². The number of methoxy groups -OCH3 is 2. The fourth-order valence-corrected chi connectivity index (χ4v) is 3.18. The van der Waals surface area contributed by atoms with Gasteiger partial charge in [0.1, 0.15) is 17.6 Å². The van der Waals surface area contributed by atoms with Gasteiger partial charge in [0, 0.05) is 12.3 Å². The van der Waals surface area contributed by atoms with Crippen molar-refractivity contribution in [1.82, 2.24) is 0 Å². The molecule has 27 heavy (non-hydrogen) atoms. The second kappa shape index (κ2) is 10.6. The molecule has 0 aromatic heterocycles. The highest BCUT2D eigenvalue weighted by Gasteiger charge is 2.22. The summed E-state index contributed by atoms with van der Waals surface area (Å²) in [7, 11) is 3.34. The lowest BCUT2D eigenvalue weighted by Gasteiger charge is -2.25. The number of rotatable bonds is 10. The maximum Gasteiger partial charge on any atom is 0.306 e. The predicted molar refractivity (Wildman–Crippen MR) is 107 cm³/mol. The molecule has 4 nitrogen and oxygen atoms in total. The van der Waals surface area contributed by atoms with Gasteiger partial charge in [-0.25, -0.2) is 0 Å². The molecule has 146 valence electrons. The van der Waals surface area contributed by atoms with E-state index in [1.54, 1.807) is 14.2 Å². The SMILES string of the molecule is CCCC(=O)OC(C)C(Cc1cccc(OC)c1)Cc1cccc(OC)c1. The summed E-state index contributed by atoms with van der Waals surface area (Å²) in [5.41, 5.74) is 2.33. The van der Waals surface area contributed by atoms with E-state index < -0.39 is 0 Å². The lowest BCUT2D eigenvalue weighted by atomic mass is 9.88. The summed E-state index contributed by atoms with van der Waals surface area (Å²) in [6.45, 7) is 3.97. The van der Waals surface area contributed by atoms with E-state index in [0.29, 0.717) is 6.42 Å². The molecule has 0 amide bonds.